The summed E-state index contributed by atoms with van der Waals surface area (Å²) < 4.78 is 40.3. The number of nitrogens with zero attached hydrogens (tertiary/aromatic N) is 3. The Kier molecular flexibility index (Phi) is 7.03. The Balaban J connectivity index is 1.51. The molecule has 0 aromatic heterocycles. The summed E-state index contributed by atoms with van der Waals surface area (Å²) in [4.78, 5) is 30.1. The van der Waals surface area contributed by atoms with Crippen molar-refractivity contribution in [1.82, 2.24) is 10.2 Å². The van der Waals surface area contributed by atoms with Crippen LogP contribution in [0.4, 0.5) is 18.9 Å². The van der Waals surface area contributed by atoms with Gasteiger partial charge in [0.05, 0.1) is 17.2 Å². The fraction of sp³-hybridized carbons (Fsp3) is 0.654. The second kappa shape index (κ2) is 9.71. The van der Waals surface area contributed by atoms with Crippen molar-refractivity contribution in [2.75, 3.05) is 24.5 Å². The summed E-state index contributed by atoms with van der Waals surface area (Å²) in [7, 11) is 0. The van der Waals surface area contributed by atoms with Gasteiger partial charge in [-0.1, -0.05) is 13.8 Å². The minimum absolute atomic E-state index is 0.0344. The van der Waals surface area contributed by atoms with E-state index in [0.717, 1.165) is 31.7 Å². The van der Waals surface area contributed by atoms with E-state index in [-0.39, 0.29) is 34.8 Å². The zero-order valence-corrected chi connectivity index (χ0v) is 20.3. The highest BCUT2D eigenvalue weighted by Crippen LogP contribution is 2.45. The van der Waals surface area contributed by atoms with Crippen molar-refractivity contribution in [2.24, 2.45) is 11.3 Å². The van der Waals surface area contributed by atoms with Crippen LogP contribution in [-0.4, -0.2) is 48.4 Å². The van der Waals surface area contributed by atoms with Crippen LogP contribution in [0, 0.1) is 22.7 Å². The van der Waals surface area contributed by atoms with Gasteiger partial charge >= 0.3 is 6.18 Å². The number of amides is 2. The topological polar surface area (TPSA) is 76.4 Å². The fourth-order valence-electron chi connectivity index (χ4n) is 5.58. The third kappa shape index (κ3) is 5.26. The molecule has 2 amide bonds. The fourth-order valence-corrected chi connectivity index (χ4v) is 5.58. The number of hydrogen-bond acceptors (Lipinski definition) is 4. The molecule has 0 radical (unpaired) electrons. The lowest BCUT2D eigenvalue weighted by Crippen LogP contribution is -2.48. The van der Waals surface area contributed by atoms with Crippen molar-refractivity contribution >= 4 is 17.5 Å². The molecule has 35 heavy (non-hydrogen) atoms. The highest BCUT2D eigenvalue weighted by molar-refractivity contribution is 5.89. The SMILES string of the molecule is CCC(CC)C(=O)N1CC2(CCN(c3ccc(C#N)c(C(F)(F)F)c3)CC2)CC1C(=O)NC1CC1. The van der Waals surface area contributed by atoms with E-state index >= 15 is 0 Å². The molecule has 3 aliphatic rings. The molecule has 2 aliphatic heterocycles. The van der Waals surface area contributed by atoms with Crippen molar-refractivity contribution in [2.45, 2.75) is 77.1 Å². The van der Waals surface area contributed by atoms with Gasteiger partial charge in [0, 0.05) is 37.3 Å². The molecular formula is C26H33F3N4O2. The molecule has 6 nitrogen and oxygen atoms in total. The minimum Gasteiger partial charge on any atom is -0.371 e. The first-order chi connectivity index (χ1) is 16.6. The Hall–Kier alpha value is -2.76. The molecule has 1 unspecified atom stereocenters. The Labute approximate surface area is 204 Å². The Bertz CT molecular complexity index is 1000. The van der Waals surface area contributed by atoms with Crippen molar-refractivity contribution in [3.05, 3.63) is 29.3 Å². The summed E-state index contributed by atoms with van der Waals surface area (Å²) in [6.45, 7) is 5.56. The van der Waals surface area contributed by atoms with Crippen molar-refractivity contribution in [3.63, 3.8) is 0 Å². The number of likely N-dealkylation sites (tertiary alicyclic amines) is 1. The molecule has 1 aliphatic carbocycles. The van der Waals surface area contributed by atoms with Gasteiger partial charge in [-0.15, -0.1) is 0 Å². The van der Waals surface area contributed by atoms with E-state index in [1.54, 1.807) is 17.0 Å². The molecule has 1 aromatic rings. The molecule has 1 atom stereocenters. The van der Waals surface area contributed by atoms with Gasteiger partial charge in [-0.05, 0) is 68.6 Å². The average molecular weight is 491 g/mol. The Morgan fingerprint density at radius 3 is 2.40 bits per heavy atom. The molecule has 1 saturated carbocycles. The number of carbonyl (C=O) groups is 2. The van der Waals surface area contributed by atoms with Crippen LogP contribution < -0.4 is 10.2 Å². The van der Waals surface area contributed by atoms with E-state index in [1.165, 1.54) is 6.07 Å². The quantitative estimate of drug-likeness (QED) is 0.638. The van der Waals surface area contributed by atoms with Gasteiger partial charge in [-0.2, -0.15) is 18.4 Å². The van der Waals surface area contributed by atoms with E-state index in [4.69, 9.17) is 5.26 Å². The van der Waals surface area contributed by atoms with Crippen LogP contribution in [-0.2, 0) is 15.8 Å². The van der Waals surface area contributed by atoms with Crippen LogP contribution in [0.2, 0.25) is 0 Å². The number of piperidine rings is 1. The first-order valence-corrected chi connectivity index (χ1v) is 12.6. The number of carbonyl (C=O) groups excluding carboxylic acids is 2. The van der Waals surface area contributed by atoms with Gasteiger partial charge < -0.3 is 15.1 Å². The molecule has 1 N–H and O–H groups in total. The summed E-state index contributed by atoms with van der Waals surface area (Å²) in [5.74, 6) is -0.152. The standard InChI is InChI=1S/C26H33F3N4O2/c1-3-17(4-2)24(35)33-16-25(14-22(33)23(34)31-19-6-7-19)9-11-32(12-10-25)20-8-5-18(15-30)21(13-20)26(27,28)29/h5,8,13,17,19,22H,3-4,6-7,9-12,14,16H2,1-2H3,(H,31,34). The molecule has 190 valence electrons. The normalized spacial score (nSPS) is 21.9. The summed E-state index contributed by atoms with van der Waals surface area (Å²) in [5, 5.41) is 12.1. The number of benzene rings is 1. The summed E-state index contributed by atoms with van der Waals surface area (Å²) in [5.41, 5.74) is -1.08. The largest absolute Gasteiger partial charge is 0.417 e. The van der Waals surface area contributed by atoms with Crippen LogP contribution in [0.1, 0.15) is 69.9 Å². The van der Waals surface area contributed by atoms with Gasteiger partial charge in [0.25, 0.3) is 0 Å². The van der Waals surface area contributed by atoms with Gasteiger partial charge in [0.2, 0.25) is 11.8 Å². The smallest absolute Gasteiger partial charge is 0.371 e. The van der Waals surface area contributed by atoms with Crippen LogP contribution in [0.3, 0.4) is 0 Å². The lowest BCUT2D eigenvalue weighted by Gasteiger charge is -2.40. The van der Waals surface area contributed by atoms with Gasteiger partial charge in [-0.25, -0.2) is 0 Å². The lowest BCUT2D eigenvalue weighted by atomic mass is 9.76. The molecule has 0 bridgehead atoms. The maximum Gasteiger partial charge on any atom is 0.417 e. The highest BCUT2D eigenvalue weighted by Gasteiger charge is 2.51. The molecule has 3 fully saturated rings. The van der Waals surface area contributed by atoms with Crippen molar-refractivity contribution in [3.8, 4) is 6.07 Å². The number of rotatable bonds is 6. The number of alkyl halides is 3. The van der Waals surface area contributed by atoms with Crippen molar-refractivity contribution in [1.29, 1.82) is 5.26 Å². The van der Waals surface area contributed by atoms with Crippen molar-refractivity contribution < 1.29 is 22.8 Å². The van der Waals surface area contributed by atoms with E-state index in [1.807, 2.05) is 18.7 Å². The maximum atomic E-state index is 13.4. The zero-order valence-electron chi connectivity index (χ0n) is 20.3. The third-order valence-corrected chi connectivity index (χ3v) is 7.97. The second-order valence-electron chi connectivity index (χ2n) is 10.3. The Morgan fingerprint density at radius 1 is 1.20 bits per heavy atom. The molecule has 2 saturated heterocycles. The van der Waals surface area contributed by atoms with E-state index in [2.05, 4.69) is 5.32 Å². The maximum absolute atomic E-state index is 13.4. The molecule has 1 spiro atoms. The van der Waals surface area contributed by atoms with Crippen LogP contribution >= 0.6 is 0 Å². The first kappa shape index (κ1) is 25.3. The summed E-state index contributed by atoms with van der Waals surface area (Å²) >= 11 is 0. The van der Waals surface area contributed by atoms with Gasteiger partial charge in [0.15, 0.2) is 0 Å². The van der Waals surface area contributed by atoms with E-state index in [9.17, 15) is 22.8 Å². The second-order valence-corrected chi connectivity index (χ2v) is 10.3. The molecule has 2 heterocycles. The number of anilines is 1. The Morgan fingerprint density at radius 2 is 1.86 bits per heavy atom. The van der Waals surface area contributed by atoms with E-state index < -0.39 is 17.8 Å². The van der Waals surface area contributed by atoms with Crippen LogP contribution in [0.15, 0.2) is 18.2 Å². The molecule has 4 rings (SSSR count). The first-order valence-electron chi connectivity index (χ1n) is 12.6. The number of nitriles is 1. The van der Waals surface area contributed by atoms with E-state index in [0.29, 0.717) is 44.6 Å². The predicted octanol–water partition coefficient (Wildman–Crippen LogP) is 4.48. The number of nitrogens with one attached hydrogen (secondary N) is 1. The molecule has 9 heteroatoms. The minimum atomic E-state index is -4.60. The van der Waals surface area contributed by atoms with Crippen LogP contribution in [0.25, 0.3) is 0 Å². The van der Waals surface area contributed by atoms with Gasteiger partial charge in [0.1, 0.15) is 6.04 Å². The monoisotopic (exact) mass is 490 g/mol. The zero-order chi connectivity index (χ0) is 25.4. The van der Waals surface area contributed by atoms with Gasteiger partial charge in [-0.3, -0.25) is 9.59 Å². The molecule has 1 aromatic carbocycles. The number of hydrogen-bond donors (Lipinski definition) is 1. The number of halogens is 3. The summed E-state index contributed by atoms with van der Waals surface area (Å²) in [6.07, 6.45) is 0.775. The average Bonchev–Trinajstić information content (AvgIpc) is 3.58. The summed E-state index contributed by atoms with van der Waals surface area (Å²) in [6, 6.07) is 5.20. The van der Waals surface area contributed by atoms with Crippen LogP contribution in [0.5, 0.6) is 0 Å². The highest BCUT2D eigenvalue weighted by atomic mass is 19.4. The predicted molar refractivity (Wildman–Crippen MR) is 125 cm³/mol. The molecular weight excluding hydrogens is 457 g/mol. The third-order valence-electron chi connectivity index (χ3n) is 7.97. The lowest BCUT2D eigenvalue weighted by molar-refractivity contribution is -0.142.